The maximum Gasteiger partial charge on any atom is 0.188 e. The van der Waals surface area contributed by atoms with Gasteiger partial charge in [-0.25, -0.2) is 0 Å². The zero-order valence-corrected chi connectivity index (χ0v) is 18.0. The predicted octanol–water partition coefficient (Wildman–Crippen LogP) is 6.69. The number of halogens is 1. The maximum absolute atomic E-state index is 6.08. The van der Waals surface area contributed by atoms with Crippen molar-refractivity contribution in [3.8, 4) is 16.9 Å². The molecule has 2 nitrogen and oxygen atoms in total. The molecule has 0 unspecified atom stereocenters. The van der Waals surface area contributed by atoms with Crippen LogP contribution in [0.1, 0.15) is 52.7 Å². The number of hydrogen-bond acceptors (Lipinski definition) is 2. The van der Waals surface area contributed by atoms with Gasteiger partial charge in [0, 0.05) is 22.7 Å². The second-order valence-corrected chi connectivity index (χ2v) is 9.29. The smallest absolute Gasteiger partial charge is 0.188 e. The molecule has 3 heteroatoms. The van der Waals surface area contributed by atoms with Crippen molar-refractivity contribution in [3.63, 3.8) is 0 Å². The third kappa shape index (κ3) is 4.65. The Balaban J connectivity index is 2.84. The molecule has 0 amide bonds. The van der Waals surface area contributed by atoms with Crippen LogP contribution in [0.25, 0.3) is 11.1 Å². The Bertz CT molecular complexity index is 737. The molecule has 0 aromatic heterocycles. The van der Waals surface area contributed by atoms with Crippen LogP contribution in [0.2, 0.25) is 0 Å². The van der Waals surface area contributed by atoms with Gasteiger partial charge in [0.25, 0.3) is 0 Å². The van der Waals surface area contributed by atoms with Gasteiger partial charge in [-0.2, -0.15) is 0 Å². The van der Waals surface area contributed by atoms with E-state index in [2.05, 4.69) is 87.8 Å². The standard InChI is InChI=1S/C22H29BrO2/c1-21(2,3)15-12-17(16-10-8-9-11-19(16)23)20(25-14-24-7)18(13-15)22(4,5)6/h8-13H,14H2,1-7H3. The van der Waals surface area contributed by atoms with Crippen LogP contribution in [0.15, 0.2) is 40.9 Å². The molecule has 0 N–H and O–H groups in total. The Morgan fingerprint density at radius 3 is 2.04 bits per heavy atom. The SMILES string of the molecule is COCOc1c(-c2ccccc2Br)cc(C(C)(C)C)cc1C(C)(C)C. The van der Waals surface area contributed by atoms with Crippen molar-refractivity contribution in [3.05, 3.63) is 52.0 Å². The number of ether oxygens (including phenoxy) is 2. The van der Waals surface area contributed by atoms with Gasteiger partial charge >= 0.3 is 0 Å². The Morgan fingerprint density at radius 2 is 1.52 bits per heavy atom. The molecule has 0 spiro atoms. The Labute approximate surface area is 160 Å². The van der Waals surface area contributed by atoms with Gasteiger partial charge in [-0.1, -0.05) is 81.7 Å². The van der Waals surface area contributed by atoms with Crippen molar-refractivity contribution in [1.82, 2.24) is 0 Å². The Hall–Kier alpha value is -1.32. The van der Waals surface area contributed by atoms with Crippen LogP contribution < -0.4 is 4.74 Å². The molecule has 0 bridgehead atoms. The lowest BCUT2D eigenvalue weighted by Gasteiger charge is -2.29. The second-order valence-electron chi connectivity index (χ2n) is 8.43. The van der Waals surface area contributed by atoms with E-state index in [1.165, 1.54) is 11.1 Å². The van der Waals surface area contributed by atoms with Gasteiger partial charge in [0.2, 0.25) is 0 Å². The van der Waals surface area contributed by atoms with Crippen LogP contribution in [-0.4, -0.2) is 13.9 Å². The summed E-state index contributed by atoms with van der Waals surface area (Å²) in [5.74, 6) is 0.897. The fourth-order valence-electron chi connectivity index (χ4n) is 2.77. The van der Waals surface area contributed by atoms with Gasteiger partial charge in [0.05, 0.1) is 0 Å². The first-order chi connectivity index (χ1) is 11.6. The molecule has 2 rings (SSSR count). The first-order valence-corrected chi connectivity index (χ1v) is 9.40. The average molecular weight is 405 g/mol. The highest BCUT2D eigenvalue weighted by molar-refractivity contribution is 9.10. The van der Waals surface area contributed by atoms with Gasteiger partial charge < -0.3 is 9.47 Å². The van der Waals surface area contributed by atoms with Crippen LogP contribution in [0.3, 0.4) is 0 Å². The summed E-state index contributed by atoms with van der Waals surface area (Å²) >= 11 is 3.70. The molecule has 0 radical (unpaired) electrons. The van der Waals surface area contributed by atoms with E-state index in [-0.39, 0.29) is 17.6 Å². The highest BCUT2D eigenvalue weighted by Gasteiger charge is 2.27. The van der Waals surface area contributed by atoms with E-state index < -0.39 is 0 Å². The van der Waals surface area contributed by atoms with E-state index in [1.807, 2.05) is 6.07 Å². The summed E-state index contributed by atoms with van der Waals surface area (Å²) < 4.78 is 12.3. The highest BCUT2D eigenvalue weighted by Crippen LogP contribution is 2.44. The summed E-state index contributed by atoms with van der Waals surface area (Å²) in [4.78, 5) is 0. The molecular formula is C22H29BrO2. The summed E-state index contributed by atoms with van der Waals surface area (Å²) in [6.45, 7) is 13.6. The first kappa shape index (κ1) is 20.0. The van der Waals surface area contributed by atoms with Crippen LogP contribution in [-0.2, 0) is 15.6 Å². The van der Waals surface area contributed by atoms with Crippen molar-refractivity contribution in [1.29, 1.82) is 0 Å². The van der Waals surface area contributed by atoms with Crippen LogP contribution >= 0.6 is 15.9 Å². The number of rotatable bonds is 4. The largest absolute Gasteiger partial charge is 0.467 e. The molecule has 0 aliphatic rings. The summed E-state index contributed by atoms with van der Waals surface area (Å²) in [7, 11) is 1.65. The van der Waals surface area contributed by atoms with Crippen molar-refractivity contribution >= 4 is 15.9 Å². The fraction of sp³-hybridized carbons (Fsp3) is 0.455. The molecule has 0 saturated carbocycles. The van der Waals surface area contributed by atoms with Crippen molar-refractivity contribution in [2.75, 3.05) is 13.9 Å². The molecular weight excluding hydrogens is 376 g/mol. The van der Waals surface area contributed by atoms with Gasteiger partial charge in [-0.15, -0.1) is 0 Å². The van der Waals surface area contributed by atoms with Crippen LogP contribution in [0, 0.1) is 0 Å². The molecule has 0 heterocycles. The normalized spacial score (nSPS) is 12.3. The summed E-state index contributed by atoms with van der Waals surface area (Å²) in [6.07, 6.45) is 0. The van der Waals surface area contributed by atoms with E-state index in [9.17, 15) is 0 Å². The van der Waals surface area contributed by atoms with Crippen molar-refractivity contribution < 1.29 is 9.47 Å². The van der Waals surface area contributed by atoms with Crippen molar-refractivity contribution in [2.24, 2.45) is 0 Å². The van der Waals surface area contributed by atoms with Crippen LogP contribution in [0.4, 0.5) is 0 Å². The van der Waals surface area contributed by atoms with Crippen LogP contribution in [0.5, 0.6) is 5.75 Å². The van der Waals surface area contributed by atoms with E-state index in [0.29, 0.717) is 0 Å². The van der Waals surface area contributed by atoms with Gasteiger partial charge in [-0.3, -0.25) is 0 Å². The molecule has 2 aromatic carbocycles. The van der Waals surface area contributed by atoms with E-state index in [1.54, 1.807) is 7.11 Å². The van der Waals surface area contributed by atoms with E-state index in [0.717, 1.165) is 21.3 Å². The summed E-state index contributed by atoms with van der Waals surface area (Å²) in [5, 5.41) is 0. The number of hydrogen-bond donors (Lipinski definition) is 0. The predicted molar refractivity (Wildman–Crippen MR) is 109 cm³/mol. The quantitative estimate of drug-likeness (QED) is 0.528. The monoisotopic (exact) mass is 404 g/mol. The molecule has 0 aliphatic heterocycles. The molecule has 0 atom stereocenters. The average Bonchev–Trinajstić information content (AvgIpc) is 2.51. The van der Waals surface area contributed by atoms with Gasteiger partial charge in [0.1, 0.15) is 5.75 Å². The zero-order valence-electron chi connectivity index (χ0n) is 16.4. The summed E-state index contributed by atoms with van der Waals surface area (Å²) in [6, 6.07) is 12.8. The lowest BCUT2D eigenvalue weighted by molar-refractivity contribution is 0.0502. The minimum atomic E-state index is -0.0413. The number of methoxy groups -OCH3 is 1. The topological polar surface area (TPSA) is 18.5 Å². The van der Waals surface area contributed by atoms with Gasteiger partial charge in [0.15, 0.2) is 6.79 Å². The molecule has 2 aromatic rings. The molecule has 0 aliphatic carbocycles. The van der Waals surface area contributed by atoms with E-state index in [4.69, 9.17) is 9.47 Å². The lowest BCUT2D eigenvalue weighted by atomic mass is 9.78. The zero-order chi connectivity index (χ0) is 18.8. The molecule has 136 valence electrons. The molecule has 0 saturated heterocycles. The van der Waals surface area contributed by atoms with Gasteiger partial charge in [-0.05, 0) is 34.1 Å². The minimum absolute atomic E-state index is 0.0413. The molecule has 0 fully saturated rings. The third-order valence-corrected chi connectivity index (χ3v) is 4.94. The third-order valence-electron chi connectivity index (χ3n) is 4.25. The summed E-state index contributed by atoms with van der Waals surface area (Å²) in [5.41, 5.74) is 4.73. The maximum atomic E-state index is 6.08. The number of benzene rings is 2. The second kappa shape index (κ2) is 7.51. The fourth-order valence-corrected chi connectivity index (χ4v) is 3.27. The lowest BCUT2D eigenvalue weighted by Crippen LogP contribution is -2.19. The van der Waals surface area contributed by atoms with Crippen molar-refractivity contribution in [2.45, 2.75) is 52.4 Å². The Kier molecular flexibility index (Phi) is 6.01. The Morgan fingerprint density at radius 1 is 0.880 bits per heavy atom. The minimum Gasteiger partial charge on any atom is -0.467 e. The molecule has 25 heavy (non-hydrogen) atoms. The highest BCUT2D eigenvalue weighted by atomic mass is 79.9. The first-order valence-electron chi connectivity index (χ1n) is 8.61. The van der Waals surface area contributed by atoms with E-state index >= 15 is 0 Å².